The molecule has 1 heterocycles. The molecule has 1 aromatic heterocycles. The van der Waals surface area contributed by atoms with Crippen molar-refractivity contribution in [3.05, 3.63) is 76.6 Å². The van der Waals surface area contributed by atoms with E-state index in [1.807, 2.05) is 51.1 Å². The van der Waals surface area contributed by atoms with Gasteiger partial charge in [-0.05, 0) is 89.1 Å². The van der Waals surface area contributed by atoms with Crippen LogP contribution in [-0.2, 0) is 27.9 Å². The number of ether oxygens (including phenoxy) is 2. The van der Waals surface area contributed by atoms with E-state index in [4.69, 9.17) is 14.6 Å². The molecule has 0 aliphatic rings. The van der Waals surface area contributed by atoms with E-state index in [0.29, 0.717) is 23.6 Å². The number of rotatable bonds is 9. The maximum absolute atomic E-state index is 13.0. The topological polar surface area (TPSA) is 53.4 Å². The second-order valence-corrected chi connectivity index (χ2v) is 10.8. The molecule has 204 valence electrons. The number of hydrogen-bond donors (Lipinski definition) is 0. The van der Waals surface area contributed by atoms with Crippen LogP contribution >= 0.6 is 11.8 Å². The lowest BCUT2D eigenvalue weighted by atomic mass is 10.1. The van der Waals surface area contributed by atoms with E-state index in [-0.39, 0.29) is 6.61 Å². The van der Waals surface area contributed by atoms with E-state index in [1.54, 1.807) is 37.2 Å². The van der Waals surface area contributed by atoms with Gasteiger partial charge in [0.2, 0.25) is 0 Å². The molecule has 0 saturated heterocycles. The number of esters is 1. The van der Waals surface area contributed by atoms with Gasteiger partial charge < -0.3 is 9.47 Å². The minimum Gasteiger partial charge on any atom is -0.482 e. The van der Waals surface area contributed by atoms with Gasteiger partial charge in [-0.15, -0.1) is 11.8 Å². The standard InChI is InChI=1S/C29H33F3N2O3S/c1-7-9-23-24(33-34(25(23)8-2)21-12-10-20(11-13-21)29(30,31)32)18-38-22-14-15-26(19(3)16-22)36-17-27(35)37-28(4,5)6/h7,9-16H,8,17-18H2,1-6H3/b9-7-. The summed E-state index contributed by atoms with van der Waals surface area (Å²) in [7, 11) is 0. The highest BCUT2D eigenvalue weighted by Crippen LogP contribution is 2.32. The van der Waals surface area contributed by atoms with Crippen LogP contribution in [0.4, 0.5) is 13.2 Å². The highest BCUT2D eigenvalue weighted by molar-refractivity contribution is 7.98. The number of aryl methyl sites for hydroxylation is 1. The molecule has 5 nitrogen and oxygen atoms in total. The first-order valence-electron chi connectivity index (χ1n) is 12.3. The average Bonchev–Trinajstić information content (AvgIpc) is 3.18. The second-order valence-electron chi connectivity index (χ2n) is 9.71. The second kappa shape index (κ2) is 12.1. The van der Waals surface area contributed by atoms with Crippen LogP contribution in [0.5, 0.6) is 5.75 Å². The van der Waals surface area contributed by atoms with Crippen molar-refractivity contribution in [2.75, 3.05) is 6.61 Å². The Morgan fingerprint density at radius 1 is 1.11 bits per heavy atom. The molecule has 0 fully saturated rings. The van der Waals surface area contributed by atoms with Crippen molar-refractivity contribution >= 4 is 23.8 Å². The number of allylic oxidation sites excluding steroid dienone is 1. The predicted molar refractivity (Wildman–Crippen MR) is 145 cm³/mol. The molecule has 0 atom stereocenters. The summed E-state index contributed by atoms with van der Waals surface area (Å²) in [6.45, 7) is 11.1. The fourth-order valence-electron chi connectivity index (χ4n) is 3.86. The highest BCUT2D eigenvalue weighted by Gasteiger charge is 2.30. The Hall–Kier alpha value is -3.20. The zero-order chi connectivity index (χ0) is 28.1. The van der Waals surface area contributed by atoms with Crippen molar-refractivity contribution in [1.82, 2.24) is 9.78 Å². The first-order chi connectivity index (χ1) is 17.8. The number of alkyl halides is 3. The van der Waals surface area contributed by atoms with Crippen molar-refractivity contribution in [1.29, 1.82) is 0 Å². The summed E-state index contributed by atoms with van der Waals surface area (Å²) in [5, 5.41) is 4.78. The molecule has 9 heteroatoms. The Balaban J connectivity index is 1.77. The number of carbonyl (C=O) groups excluding carboxylic acids is 1. The van der Waals surface area contributed by atoms with Gasteiger partial charge in [0.25, 0.3) is 0 Å². The van der Waals surface area contributed by atoms with Crippen LogP contribution in [0, 0.1) is 6.92 Å². The molecule has 3 rings (SSSR count). The number of aromatic nitrogens is 2. The van der Waals surface area contributed by atoms with Crippen LogP contribution < -0.4 is 4.74 Å². The predicted octanol–water partition coefficient (Wildman–Crippen LogP) is 7.81. The van der Waals surface area contributed by atoms with Crippen LogP contribution in [0.2, 0.25) is 0 Å². The Labute approximate surface area is 226 Å². The zero-order valence-corrected chi connectivity index (χ0v) is 23.3. The van der Waals surface area contributed by atoms with Crippen molar-refractivity contribution in [3.8, 4) is 11.4 Å². The normalized spacial score (nSPS) is 12.2. The van der Waals surface area contributed by atoms with Crippen molar-refractivity contribution in [2.45, 2.75) is 70.4 Å². The molecule has 0 aliphatic carbocycles. The SMILES string of the molecule is C/C=C\c1c(CSc2ccc(OCC(=O)OC(C)(C)C)c(C)c2)nn(-c2ccc(C(F)(F)F)cc2)c1CC. The zero-order valence-electron chi connectivity index (χ0n) is 22.5. The Morgan fingerprint density at radius 3 is 2.34 bits per heavy atom. The minimum absolute atomic E-state index is 0.168. The summed E-state index contributed by atoms with van der Waals surface area (Å²) in [6, 6.07) is 10.8. The third kappa shape index (κ3) is 7.66. The summed E-state index contributed by atoms with van der Waals surface area (Å²) >= 11 is 1.60. The van der Waals surface area contributed by atoms with Crippen molar-refractivity contribution < 1.29 is 27.4 Å². The number of hydrogen-bond acceptors (Lipinski definition) is 5. The number of halogens is 3. The molecule has 0 aliphatic heterocycles. The molecule has 0 saturated carbocycles. The van der Waals surface area contributed by atoms with Crippen molar-refractivity contribution in [3.63, 3.8) is 0 Å². The molecule has 0 N–H and O–H groups in total. The third-order valence-corrected chi connectivity index (χ3v) is 6.50. The Morgan fingerprint density at radius 2 is 1.79 bits per heavy atom. The highest BCUT2D eigenvalue weighted by atomic mass is 32.2. The van der Waals surface area contributed by atoms with Crippen molar-refractivity contribution in [2.24, 2.45) is 0 Å². The van der Waals surface area contributed by atoms with Gasteiger partial charge in [0.15, 0.2) is 6.61 Å². The molecule has 0 spiro atoms. The molecule has 38 heavy (non-hydrogen) atoms. The largest absolute Gasteiger partial charge is 0.482 e. The smallest absolute Gasteiger partial charge is 0.416 e. The van der Waals surface area contributed by atoms with E-state index in [0.717, 1.165) is 39.5 Å². The molecule has 0 amide bonds. The van der Waals surface area contributed by atoms with Gasteiger partial charge >= 0.3 is 12.1 Å². The lowest BCUT2D eigenvalue weighted by Gasteiger charge is -2.19. The van der Waals surface area contributed by atoms with Gasteiger partial charge in [0.05, 0.1) is 22.6 Å². The first-order valence-corrected chi connectivity index (χ1v) is 13.3. The third-order valence-electron chi connectivity index (χ3n) is 5.49. The summed E-state index contributed by atoms with van der Waals surface area (Å²) in [4.78, 5) is 13.0. The Kier molecular flexibility index (Phi) is 9.35. The monoisotopic (exact) mass is 546 g/mol. The summed E-state index contributed by atoms with van der Waals surface area (Å²) < 4.78 is 51.7. The maximum Gasteiger partial charge on any atom is 0.416 e. The van der Waals surface area contributed by atoms with E-state index < -0.39 is 23.3 Å². The van der Waals surface area contributed by atoms with E-state index in [9.17, 15) is 18.0 Å². The van der Waals surface area contributed by atoms with E-state index in [2.05, 4.69) is 0 Å². The Bertz CT molecular complexity index is 1290. The summed E-state index contributed by atoms with van der Waals surface area (Å²) in [5.74, 6) is 0.745. The van der Waals surface area contributed by atoms with E-state index >= 15 is 0 Å². The van der Waals surface area contributed by atoms with Gasteiger partial charge in [-0.3, -0.25) is 0 Å². The lowest BCUT2D eigenvalue weighted by molar-refractivity contribution is -0.157. The van der Waals surface area contributed by atoms with Crippen LogP contribution in [0.25, 0.3) is 11.8 Å². The van der Waals surface area contributed by atoms with Gasteiger partial charge in [0.1, 0.15) is 11.4 Å². The van der Waals surface area contributed by atoms with Gasteiger partial charge in [-0.1, -0.05) is 19.1 Å². The molecule has 0 radical (unpaired) electrons. The van der Waals surface area contributed by atoms with Crippen LogP contribution in [0.15, 0.2) is 53.4 Å². The van der Waals surface area contributed by atoms with Gasteiger partial charge in [0, 0.05) is 16.2 Å². The summed E-state index contributed by atoms with van der Waals surface area (Å²) in [6.07, 6.45) is 0.202. The first kappa shape index (κ1) is 29.4. The number of benzene rings is 2. The van der Waals surface area contributed by atoms with Crippen LogP contribution in [-0.4, -0.2) is 28.0 Å². The molecular weight excluding hydrogens is 513 g/mol. The molecule has 3 aromatic rings. The number of thioether (sulfide) groups is 1. The lowest BCUT2D eigenvalue weighted by Crippen LogP contribution is -2.27. The van der Waals surface area contributed by atoms with Gasteiger partial charge in [-0.25, -0.2) is 9.48 Å². The molecular formula is C29H33F3N2O3S. The number of nitrogens with zero attached hydrogens (tertiary/aromatic N) is 2. The number of carbonyl (C=O) groups is 1. The fourth-order valence-corrected chi connectivity index (χ4v) is 4.80. The van der Waals surface area contributed by atoms with Gasteiger partial charge in [-0.2, -0.15) is 18.3 Å². The quantitative estimate of drug-likeness (QED) is 0.202. The molecule has 0 bridgehead atoms. The molecule has 0 unspecified atom stereocenters. The minimum atomic E-state index is -4.39. The summed E-state index contributed by atoms with van der Waals surface area (Å²) in [5.41, 5.74) is 2.95. The molecule has 2 aromatic carbocycles. The van der Waals surface area contributed by atoms with Crippen LogP contribution in [0.1, 0.15) is 62.7 Å². The average molecular weight is 547 g/mol. The van der Waals surface area contributed by atoms with E-state index in [1.165, 1.54) is 12.1 Å². The van der Waals surface area contributed by atoms with Crippen LogP contribution in [0.3, 0.4) is 0 Å². The maximum atomic E-state index is 13.0. The fraction of sp³-hybridized carbons (Fsp3) is 0.379.